The molecule has 0 radical (unpaired) electrons. The largest absolute Gasteiger partial charge is 0.491 e. The molecule has 3 aromatic rings. The second-order valence-corrected chi connectivity index (χ2v) is 8.75. The Kier molecular flexibility index (Phi) is 7.77. The Hall–Kier alpha value is -3.61. The summed E-state index contributed by atoms with van der Waals surface area (Å²) in [6.07, 6.45) is 3.25. The molecule has 1 aliphatic carbocycles. The molecule has 4 rings (SSSR count). The van der Waals surface area contributed by atoms with Crippen LogP contribution in [0.2, 0.25) is 0 Å². The van der Waals surface area contributed by atoms with Gasteiger partial charge in [0.15, 0.2) is 23.1 Å². The lowest BCUT2D eigenvalue weighted by molar-refractivity contribution is -0.140. The van der Waals surface area contributed by atoms with Crippen molar-refractivity contribution in [1.29, 1.82) is 0 Å². The van der Waals surface area contributed by atoms with Gasteiger partial charge >= 0.3 is 5.97 Å². The maximum absolute atomic E-state index is 15.0. The lowest BCUT2D eigenvalue weighted by atomic mass is 9.78. The van der Waals surface area contributed by atoms with Crippen LogP contribution in [0.4, 0.5) is 17.6 Å². The first-order chi connectivity index (χ1) is 17.3. The summed E-state index contributed by atoms with van der Waals surface area (Å²) in [6.45, 7) is 5.48. The predicted octanol–water partition coefficient (Wildman–Crippen LogP) is 7.83. The van der Waals surface area contributed by atoms with Crippen molar-refractivity contribution in [2.75, 3.05) is 6.61 Å². The lowest BCUT2D eigenvalue weighted by Crippen LogP contribution is -2.26. The van der Waals surface area contributed by atoms with Crippen LogP contribution in [-0.4, -0.2) is 12.6 Å². The fraction of sp³-hybridized carbons (Fsp3) is 0.276. The fourth-order valence-electron chi connectivity index (χ4n) is 4.59. The van der Waals surface area contributed by atoms with Crippen molar-refractivity contribution in [1.82, 2.24) is 0 Å². The summed E-state index contributed by atoms with van der Waals surface area (Å²) in [5.74, 6) is -6.57. The molecular weight excluding hydrogens is 472 g/mol. The van der Waals surface area contributed by atoms with E-state index in [-0.39, 0.29) is 29.4 Å². The highest BCUT2D eigenvalue weighted by Crippen LogP contribution is 2.40. The highest BCUT2D eigenvalue weighted by atomic mass is 19.2. The van der Waals surface area contributed by atoms with Crippen LogP contribution in [-0.2, 0) is 4.79 Å². The van der Waals surface area contributed by atoms with E-state index in [0.717, 1.165) is 11.6 Å². The molecule has 0 spiro atoms. The minimum atomic E-state index is -1.29. The average molecular weight is 499 g/mol. The van der Waals surface area contributed by atoms with Crippen molar-refractivity contribution >= 4 is 12.0 Å². The Morgan fingerprint density at radius 3 is 2.14 bits per heavy atom. The van der Waals surface area contributed by atoms with Crippen LogP contribution >= 0.6 is 0 Å². The number of esters is 1. The van der Waals surface area contributed by atoms with E-state index in [1.807, 2.05) is 0 Å². The van der Waals surface area contributed by atoms with E-state index >= 15 is 4.39 Å². The molecule has 188 valence electrons. The van der Waals surface area contributed by atoms with Crippen molar-refractivity contribution in [3.05, 3.63) is 89.5 Å². The van der Waals surface area contributed by atoms with Gasteiger partial charge in [0.1, 0.15) is 0 Å². The zero-order chi connectivity index (χ0) is 25.8. The van der Waals surface area contributed by atoms with Gasteiger partial charge in [-0.3, -0.25) is 4.79 Å². The Morgan fingerprint density at radius 2 is 1.50 bits per heavy atom. The molecule has 0 atom stereocenters. The Labute approximate surface area is 207 Å². The summed E-state index contributed by atoms with van der Waals surface area (Å²) in [6, 6.07) is 12.5. The van der Waals surface area contributed by atoms with Crippen LogP contribution in [0.5, 0.6) is 11.5 Å². The van der Waals surface area contributed by atoms with Gasteiger partial charge in [0, 0.05) is 5.56 Å². The minimum absolute atomic E-state index is 0.161. The van der Waals surface area contributed by atoms with Gasteiger partial charge in [-0.2, -0.15) is 8.78 Å². The van der Waals surface area contributed by atoms with Crippen LogP contribution in [0.25, 0.3) is 17.2 Å². The number of carbonyl (C=O) groups is 1. The predicted molar refractivity (Wildman–Crippen MR) is 130 cm³/mol. The molecule has 0 N–H and O–H groups in total. The molecular formula is C29H26F4O3. The van der Waals surface area contributed by atoms with Crippen molar-refractivity contribution in [2.24, 2.45) is 5.92 Å². The van der Waals surface area contributed by atoms with Crippen LogP contribution in [0.1, 0.15) is 49.7 Å². The van der Waals surface area contributed by atoms with E-state index in [1.165, 1.54) is 6.07 Å². The van der Waals surface area contributed by atoms with Crippen LogP contribution in [0, 0.1) is 29.2 Å². The molecule has 1 saturated carbocycles. The second kappa shape index (κ2) is 11.0. The fourth-order valence-corrected chi connectivity index (χ4v) is 4.59. The molecule has 1 fully saturated rings. The normalized spacial score (nSPS) is 17.5. The lowest BCUT2D eigenvalue weighted by Gasteiger charge is -2.28. The van der Waals surface area contributed by atoms with Crippen LogP contribution < -0.4 is 9.47 Å². The smallest absolute Gasteiger partial charge is 0.314 e. The monoisotopic (exact) mass is 498 g/mol. The molecule has 0 unspecified atom stereocenters. The quantitative estimate of drug-likeness (QED) is 0.189. The third kappa shape index (κ3) is 5.15. The van der Waals surface area contributed by atoms with Crippen molar-refractivity contribution < 1.29 is 31.8 Å². The Bertz CT molecular complexity index is 1260. The molecule has 7 heteroatoms. The van der Waals surface area contributed by atoms with Gasteiger partial charge in [0.2, 0.25) is 11.6 Å². The van der Waals surface area contributed by atoms with E-state index in [4.69, 9.17) is 9.47 Å². The van der Waals surface area contributed by atoms with E-state index < -0.39 is 40.9 Å². The molecule has 0 saturated heterocycles. The topological polar surface area (TPSA) is 35.5 Å². The summed E-state index contributed by atoms with van der Waals surface area (Å²) in [5, 5.41) is 0. The van der Waals surface area contributed by atoms with Crippen LogP contribution in [0.3, 0.4) is 0 Å². The number of hydrogen-bond acceptors (Lipinski definition) is 3. The first-order valence-electron chi connectivity index (χ1n) is 11.9. The summed E-state index contributed by atoms with van der Waals surface area (Å²) in [5.41, 5.74) is 1.88. The first-order valence-corrected chi connectivity index (χ1v) is 11.9. The van der Waals surface area contributed by atoms with Gasteiger partial charge in [-0.25, -0.2) is 8.78 Å². The number of carbonyl (C=O) groups excluding carboxylic acids is 1. The van der Waals surface area contributed by atoms with E-state index in [0.29, 0.717) is 31.2 Å². The maximum atomic E-state index is 15.0. The molecule has 0 aromatic heterocycles. The highest BCUT2D eigenvalue weighted by molar-refractivity contribution is 5.75. The second-order valence-electron chi connectivity index (χ2n) is 8.75. The third-order valence-corrected chi connectivity index (χ3v) is 6.59. The number of hydrogen-bond donors (Lipinski definition) is 0. The van der Waals surface area contributed by atoms with E-state index in [1.54, 1.807) is 49.4 Å². The third-order valence-electron chi connectivity index (χ3n) is 6.59. The SMILES string of the molecule is C=Cc1ccc(-c2ccc(C3CCC(C(=O)Oc4ccc(OCC)c(F)c4F)CC3)c(F)c2F)cc1. The molecule has 0 aliphatic heterocycles. The van der Waals surface area contributed by atoms with Gasteiger partial charge in [0.05, 0.1) is 12.5 Å². The summed E-state index contributed by atoms with van der Waals surface area (Å²) < 4.78 is 68.4. The number of rotatable bonds is 7. The van der Waals surface area contributed by atoms with E-state index in [2.05, 4.69) is 6.58 Å². The van der Waals surface area contributed by atoms with Gasteiger partial charge < -0.3 is 9.47 Å². The molecule has 36 heavy (non-hydrogen) atoms. The maximum Gasteiger partial charge on any atom is 0.314 e. The molecule has 0 bridgehead atoms. The zero-order valence-corrected chi connectivity index (χ0v) is 19.8. The molecule has 1 aliphatic rings. The highest BCUT2D eigenvalue weighted by Gasteiger charge is 2.31. The van der Waals surface area contributed by atoms with Crippen LogP contribution in [0.15, 0.2) is 55.1 Å². The van der Waals surface area contributed by atoms with Crippen molar-refractivity contribution in [3.63, 3.8) is 0 Å². The average Bonchev–Trinajstić information content (AvgIpc) is 2.90. The summed E-state index contributed by atoms with van der Waals surface area (Å²) >= 11 is 0. The standard InChI is InChI=1S/C29H26F4O3/c1-3-17-5-7-18(8-6-17)21-13-14-22(26(31)25(21)30)19-9-11-20(12-10-19)29(34)36-24-16-15-23(35-4-2)27(32)28(24)33/h3,5-8,13-16,19-20H,1,4,9-12H2,2H3. The Balaban J connectivity index is 1.41. The number of benzene rings is 3. The zero-order valence-electron chi connectivity index (χ0n) is 19.8. The van der Waals surface area contributed by atoms with Crippen molar-refractivity contribution in [2.45, 2.75) is 38.5 Å². The van der Waals surface area contributed by atoms with Gasteiger partial charge in [-0.1, -0.05) is 49.1 Å². The number of halogens is 4. The van der Waals surface area contributed by atoms with Gasteiger partial charge in [-0.15, -0.1) is 0 Å². The minimum Gasteiger partial charge on any atom is -0.491 e. The van der Waals surface area contributed by atoms with Gasteiger partial charge in [0.25, 0.3) is 0 Å². The molecule has 3 aromatic carbocycles. The van der Waals surface area contributed by atoms with Crippen molar-refractivity contribution in [3.8, 4) is 22.6 Å². The Morgan fingerprint density at radius 1 is 0.861 bits per heavy atom. The number of ether oxygens (including phenoxy) is 2. The first kappa shape index (κ1) is 25.5. The molecule has 3 nitrogen and oxygen atoms in total. The summed E-state index contributed by atoms with van der Waals surface area (Å²) in [4.78, 5) is 12.6. The van der Waals surface area contributed by atoms with Gasteiger partial charge in [-0.05, 0) is 67.3 Å². The molecule has 0 amide bonds. The molecule has 0 heterocycles. The van der Waals surface area contributed by atoms with E-state index in [9.17, 15) is 18.0 Å². The summed E-state index contributed by atoms with van der Waals surface area (Å²) in [7, 11) is 0.